The van der Waals surface area contributed by atoms with E-state index in [1.807, 2.05) is 19.1 Å². The number of hydrogen-bond donors (Lipinski definition) is 5. The number of aliphatic hydroxyl groups excluding tert-OH is 3. The summed E-state index contributed by atoms with van der Waals surface area (Å²) >= 11 is 0. The summed E-state index contributed by atoms with van der Waals surface area (Å²) in [6.45, 7) is 2.50. The van der Waals surface area contributed by atoms with Gasteiger partial charge in [0.25, 0.3) is 5.88 Å². The molecule has 0 unspecified atom stereocenters. The molecule has 0 spiro atoms. The first-order valence-electron chi connectivity index (χ1n) is 12.6. The third-order valence-electron chi connectivity index (χ3n) is 6.68. The molecule has 218 valence electrons. The number of carboxylic acids is 2. The molecule has 1 aliphatic carbocycles. The molecule has 5 N–H and O–H groups in total. The molecule has 13 heteroatoms. The van der Waals surface area contributed by atoms with Crippen LogP contribution in [-0.2, 0) is 9.59 Å². The number of aromatic nitrogens is 1. The summed E-state index contributed by atoms with van der Waals surface area (Å²) in [6, 6.07) is 6.03. The molecule has 2 aliphatic rings. The van der Waals surface area contributed by atoms with Gasteiger partial charge in [0.1, 0.15) is 0 Å². The summed E-state index contributed by atoms with van der Waals surface area (Å²) in [6.07, 6.45) is -0.801. The fourth-order valence-corrected chi connectivity index (χ4v) is 4.73. The van der Waals surface area contributed by atoms with Crippen LogP contribution < -0.4 is 18.9 Å². The molecular formula is C27H34N2O11. The van der Waals surface area contributed by atoms with Crippen molar-refractivity contribution in [2.45, 2.75) is 56.5 Å². The maximum absolute atomic E-state index is 10.3. The van der Waals surface area contributed by atoms with E-state index in [0.29, 0.717) is 36.2 Å². The predicted octanol–water partition coefficient (Wildman–Crippen LogP) is 1.23. The molecule has 0 radical (unpaired) electrons. The van der Waals surface area contributed by atoms with Gasteiger partial charge in [0.15, 0.2) is 29.5 Å². The van der Waals surface area contributed by atoms with E-state index in [9.17, 15) is 14.7 Å². The molecule has 0 bridgehead atoms. The van der Waals surface area contributed by atoms with E-state index in [-0.39, 0.29) is 18.1 Å². The van der Waals surface area contributed by atoms with Gasteiger partial charge in [0, 0.05) is 23.2 Å². The van der Waals surface area contributed by atoms with Gasteiger partial charge < -0.3 is 44.5 Å². The summed E-state index contributed by atoms with van der Waals surface area (Å²) in [4.78, 5) is 29.0. The molecule has 40 heavy (non-hydrogen) atoms. The number of methoxy groups -OCH3 is 3. The maximum Gasteiger partial charge on any atom is 0.335 e. The van der Waals surface area contributed by atoms with Crippen LogP contribution in [0.15, 0.2) is 29.4 Å². The van der Waals surface area contributed by atoms with Crippen molar-refractivity contribution < 1.29 is 54.1 Å². The van der Waals surface area contributed by atoms with Crippen LogP contribution in [0.5, 0.6) is 23.1 Å². The lowest BCUT2D eigenvalue weighted by atomic mass is 9.74. The largest absolute Gasteiger partial charge is 0.493 e. The Balaban J connectivity index is 0.000000378. The second-order valence-corrected chi connectivity index (χ2v) is 9.14. The number of aliphatic hydroxyl groups is 3. The van der Waals surface area contributed by atoms with Gasteiger partial charge in [-0.1, -0.05) is 0 Å². The van der Waals surface area contributed by atoms with Crippen molar-refractivity contribution in [2.75, 3.05) is 27.9 Å². The Morgan fingerprint density at radius 1 is 0.950 bits per heavy atom. The Morgan fingerprint density at radius 2 is 1.60 bits per heavy atom. The number of rotatable bonds is 9. The Kier molecular flexibility index (Phi) is 10.3. The zero-order valence-corrected chi connectivity index (χ0v) is 22.6. The third-order valence-corrected chi connectivity index (χ3v) is 6.68. The molecule has 1 aliphatic heterocycles. The summed E-state index contributed by atoms with van der Waals surface area (Å²) in [5.74, 6) is -1.04. The summed E-state index contributed by atoms with van der Waals surface area (Å²) in [7, 11) is 4.79. The van der Waals surface area contributed by atoms with Gasteiger partial charge in [-0.3, -0.25) is 4.99 Å². The number of aliphatic imine (C=N–C) groups is 1. The minimum absolute atomic E-state index is 0.104. The standard InChI is InChI=1S/C23H28N2O5.C4H6O6/c1-5-30-20-10-15-16-9-14(26)6-7-18(16)25-22(17(15)11-19(20)27-2)13-8-21(28-3)23(29-4)24-12-13;5-1(3(7)8)2(6)4(9)10/h8,10-12,14,16,18,26H,5-7,9H2,1-4H3;1-2,5-6H,(H,7,8)(H,9,10)/t14-,16-,18-;1-,2-/m11/s1. The van der Waals surface area contributed by atoms with Gasteiger partial charge >= 0.3 is 11.9 Å². The molecule has 4 rings (SSSR count). The zero-order chi connectivity index (χ0) is 29.6. The number of aliphatic carboxylic acids is 2. The Hall–Kier alpha value is -3.94. The molecule has 1 aromatic heterocycles. The normalized spacial score (nSPS) is 20.8. The van der Waals surface area contributed by atoms with Crippen LogP contribution in [0, 0.1) is 0 Å². The van der Waals surface area contributed by atoms with E-state index >= 15 is 0 Å². The second kappa shape index (κ2) is 13.4. The Morgan fingerprint density at radius 3 is 2.15 bits per heavy atom. The highest BCUT2D eigenvalue weighted by Gasteiger charge is 2.37. The zero-order valence-electron chi connectivity index (χ0n) is 22.6. The number of carboxylic acid groups (broad SMARTS) is 2. The lowest BCUT2D eigenvalue weighted by Gasteiger charge is -2.37. The monoisotopic (exact) mass is 562 g/mol. The number of carbonyl (C=O) groups is 2. The minimum Gasteiger partial charge on any atom is -0.493 e. The van der Waals surface area contributed by atoms with Gasteiger partial charge in [0.05, 0.1) is 45.8 Å². The first kappa shape index (κ1) is 30.6. The van der Waals surface area contributed by atoms with E-state index in [4.69, 9.17) is 44.4 Å². The average Bonchev–Trinajstić information content (AvgIpc) is 2.95. The summed E-state index contributed by atoms with van der Waals surface area (Å²) in [5, 5.41) is 42.8. The average molecular weight is 563 g/mol. The van der Waals surface area contributed by atoms with Crippen molar-refractivity contribution in [3.8, 4) is 23.1 Å². The molecular weight excluding hydrogens is 528 g/mol. The SMILES string of the molecule is CCOc1cc2c(cc1OC)C(c1cnc(OC)c(OC)c1)=N[C@@H]1CC[C@@H](O)C[C@H]21.O=C(O)[C@H](O)[C@@H](O)C(=O)O. The smallest absolute Gasteiger partial charge is 0.335 e. The lowest BCUT2D eigenvalue weighted by Crippen LogP contribution is -2.39. The van der Waals surface area contributed by atoms with Crippen LogP contribution in [0.1, 0.15) is 48.8 Å². The molecule has 2 heterocycles. The first-order chi connectivity index (χ1) is 19.1. The molecule has 1 aromatic carbocycles. The number of ether oxygens (including phenoxy) is 4. The molecule has 5 atom stereocenters. The van der Waals surface area contributed by atoms with Crippen molar-refractivity contribution in [3.63, 3.8) is 0 Å². The van der Waals surface area contributed by atoms with Crippen LogP contribution in [-0.4, -0.2) is 100 Å². The minimum atomic E-state index is -2.27. The lowest BCUT2D eigenvalue weighted by molar-refractivity contribution is -0.165. The van der Waals surface area contributed by atoms with Crippen molar-refractivity contribution in [3.05, 3.63) is 41.1 Å². The highest BCUT2D eigenvalue weighted by atomic mass is 16.5. The molecule has 13 nitrogen and oxygen atoms in total. The maximum atomic E-state index is 10.3. The number of hydrogen-bond acceptors (Lipinski definition) is 11. The van der Waals surface area contributed by atoms with Gasteiger partial charge in [-0.2, -0.15) is 0 Å². The van der Waals surface area contributed by atoms with Crippen molar-refractivity contribution >= 4 is 17.7 Å². The number of fused-ring (bicyclic) bond motifs is 3. The fourth-order valence-electron chi connectivity index (χ4n) is 4.73. The van der Waals surface area contributed by atoms with Gasteiger partial charge in [-0.25, -0.2) is 14.6 Å². The number of benzene rings is 1. The molecule has 2 aromatic rings. The third kappa shape index (κ3) is 6.61. The van der Waals surface area contributed by atoms with E-state index in [1.54, 1.807) is 27.5 Å². The van der Waals surface area contributed by atoms with Crippen molar-refractivity contribution in [2.24, 2.45) is 4.99 Å². The van der Waals surface area contributed by atoms with Crippen LogP contribution in [0.3, 0.4) is 0 Å². The highest BCUT2D eigenvalue weighted by Crippen LogP contribution is 2.45. The first-order valence-corrected chi connectivity index (χ1v) is 12.6. The molecule has 1 saturated carbocycles. The van der Waals surface area contributed by atoms with Crippen LogP contribution >= 0.6 is 0 Å². The van der Waals surface area contributed by atoms with Crippen molar-refractivity contribution in [1.82, 2.24) is 4.98 Å². The summed E-state index contributed by atoms with van der Waals surface area (Å²) < 4.78 is 22.2. The van der Waals surface area contributed by atoms with E-state index in [1.165, 1.54) is 0 Å². The topological polar surface area (TPSA) is 197 Å². The van der Waals surface area contributed by atoms with E-state index in [0.717, 1.165) is 35.2 Å². The highest BCUT2D eigenvalue weighted by molar-refractivity contribution is 6.15. The van der Waals surface area contributed by atoms with Crippen LogP contribution in [0.4, 0.5) is 0 Å². The predicted molar refractivity (Wildman–Crippen MR) is 141 cm³/mol. The van der Waals surface area contributed by atoms with E-state index < -0.39 is 24.1 Å². The molecule has 0 saturated heterocycles. The summed E-state index contributed by atoms with van der Waals surface area (Å²) in [5.41, 5.74) is 3.80. The van der Waals surface area contributed by atoms with Crippen LogP contribution in [0.25, 0.3) is 0 Å². The molecule has 1 fully saturated rings. The molecule has 0 amide bonds. The van der Waals surface area contributed by atoms with Crippen LogP contribution in [0.2, 0.25) is 0 Å². The van der Waals surface area contributed by atoms with Gasteiger partial charge in [0.2, 0.25) is 0 Å². The Bertz CT molecular complexity index is 1230. The van der Waals surface area contributed by atoms with E-state index in [2.05, 4.69) is 11.1 Å². The Labute approximate surface area is 230 Å². The van der Waals surface area contributed by atoms with Gasteiger partial charge in [-0.05, 0) is 49.9 Å². The number of pyridine rings is 1. The van der Waals surface area contributed by atoms with Gasteiger partial charge in [-0.15, -0.1) is 0 Å². The quantitative estimate of drug-likeness (QED) is 0.293. The number of nitrogens with zero attached hydrogens (tertiary/aromatic N) is 2. The fraction of sp³-hybridized carbons (Fsp3) is 0.481. The van der Waals surface area contributed by atoms with Crippen molar-refractivity contribution in [1.29, 1.82) is 0 Å². The second-order valence-electron chi connectivity index (χ2n) is 9.14.